The van der Waals surface area contributed by atoms with Gasteiger partial charge < -0.3 is 0 Å². The molecule has 0 aliphatic rings. The molecule has 3 nitrogen and oxygen atoms in total. The predicted molar refractivity (Wildman–Crippen MR) is 57.8 cm³/mol. The first-order valence-corrected chi connectivity index (χ1v) is 4.90. The molecular formula is C9H10INO2. The zero-order valence-corrected chi connectivity index (χ0v) is 9.37. The van der Waals surface area contributed by atoms with Crippen LogP contribution in [0.2, 0.25) is 0 Å². The van der Waals surface area contributed by atoms with Crippen molar-refractivity contribution in [1.82, 2.24) is 5.48 Å². The van der Waals surface area contributed by atoms with Crippen LogP contribution in [0.3, 0.4) is 0 Å². The van der Waals surface area contributed by atoms with Gasteiger partial charge in [0.05, 0.1) is 0 Å². The number of hydroxylamine groups is 1. The van der Waals surface area contributed by atoms with Gasteiger partial charge in [-0.1, -0.05) is 18.2 Å². The summed E-state index contributed by atoms with van der Waals surface area (Å²) < 4.78 is 1.13. The van der Waals surface area contributed by atoms with Gasteiger partial charge in [-0.25, -0.2) is 5.48 Å². The van der Waals surface area contributed by atoms with Crippen LogP contribution in [0.4, 0.5) is 0 Å². The van der Waals surface area contributed by atoms with Crippen LogP contribution in [0.15, 0.2) is 24.3 Å². The van der Waals surface area contributed by atoms with E-state index in [9.17, 15) is 4.79 Å². The first-order valence-electron chi connectivity index (χ1n) is 3.82. The highest BCUT2D eigenvalue weighted by Gasteiger charge is 1.98. The van der Waals surface area contributed by atoms with E-state index in [0.717, 1.165) is 9.13 Å². The van der Waals surface area contributed by atoms with Crippen LogP contribution in [0.5, 0.6) is 0 Å². The van der Waals surface area contributed by atoms with Gasteiger partial charge in [0.1, 0.15) is 6.61 Å². The van der Waals surface area contributed by atoms with Crippen molar-refractivity contribution in [2.75, 3.05) is 0 Å². The van der Waals surface area contributed by atoms with E-state index in [2.05, 4.69) is 28.1 Å². The minimum Gasteiger partial charge on any atom is -0.273 e. The average molecular weight is 291 g/mol. The molecule has 0 aliphatic carbocycles. The van der Waals surface area contributed by atoms with Gasteiger partial charge in [-0.2, -0.15) is 0 Å². The summed E-state index contributed by atoms with van der Waals surface area (Å²) in [6.45, 7) is 1.81. The standard InChI is InChI=1S/C9H10INO2/c1-7(12)11-13-6-8-4-2-3-5-9(8)10/h2-5H,6H2,1H3,(H,11,12). The van der Waals surface area contributed by atoms with Crippen molar-refractivity contribution >= 4 is 28.5 Å². The second kappa shape index (κ2) is 5.18. The van der Waals surface area contributed by atoms with Gasteiger partial charge in [0, 0.05) is 10.5 Å². The summed E-state index contributed by atoms with van der Waals surface area (Å²) >= 11 is 2.22. The van der Waals surface area contributed by atoms with Crippen molar-refractivity contribution in [3.05, 3.63) is 33.4 Å². The minimum atomic E-state index is -0.189. The lowest BCUT2D eigenvalue weighted by molar-refractivity contribution is -0.132. The number of carbonyl (C=O) groups is 1. The summed E-state index contributed by atoms with van der Waals surface area (Å²) in [6.07, 6.45) is 0. The number of nitrogens with one attached hydrogen (secondary N) is 1. The summed E-state index contributed by atoms with van der Waals surface area (Å²) in [4.78, 5) is 15.4. The van der Waals surface area contributed by atoms with E-state index in [1.807, 2.05) is 24.3 Å². The molecular weight excluding hydrogens is 281 g/mol. The number of rotatable bonds is 3. The molecule has 1 rings (SSSR count). The smallest absolute Gasteiger partial charge is 0.240 e. The van der Waals surface area contributed by atoms with Gasteiger partial charge in [-0.15, -0.1) is 0 Å². The molecule has 1 aromatic carbocycles. The second-order valence-corrected chi connectivity index (χ2v) is 3.70. The van der Waals surface area contributed by atoms with Crippen LogP contribution < -0.4 is 5.48 Å². The Kier molecular flexibility index (Phi) is 4.17. The minimum absolute atomic E-state index is 0.189. The first kappa shape index (κ1) is 10.5. The molecule has 0 spiro atoms. The topological polar surface area (TPSA) is 38.3 Å². The molecule has 0 unspecified atom stereocenters. The van der Waals surface area contributed by atoms with Gasteiger partial charge in [-0.3, -0.25) is 9.63 Å². The van der Waals surface area contributed by atoms with Crippen LogP contribution in [-0.2, 0) is 16.2 Å². The first-order chi connectivity index (χ1) is 6.20. The lowest BCUT2D eigenvalue weighted by Crippen LogP contribution is -2.20. The van der Waals surface area contributed by atoms with Crippen LogP contribution in [0.25, 0.3) is 0 Å². The van der Waals surface area contributed by atoms with Crippen molar-refractivity contribution in [2.24, 2.45) is 0 Å². The van der Waals surface area contributed by atoms with Gasteiger partial charge in [-0.05, 0) is 34.2 Å². The van der Waals surface area contributed by atoms with Crippen LogP contribution in [0.1, 0.15) is 12.5 Å². The van der Waals surface area contributed by atoms with E-state index < -0.39 is 0 Å². The highest BCUT2D eigenvalue weighted by molar-refractivity contribution is 14.1. The molecule has 1 N–H and O–H groups in total. The molecule has 0 aromatic heterocycles. The monoisotopic (exact) mass is 291 g/mol. The van der Waals surface area contributed by atoms with Crippen molar-refractivity contribution in [2.45, 2.75) is 13.5 Å². The molecule has 0 aliphatic heterocycles. The molecule has 0 bridgehead atoms. The zero-order valence-electron chi connectivity index (χ0n) is 7.21. The maximum absolute atomic E-state index is 10.5. The zero-order chi connectivity index (χ0) is 9.68. The number of hydrogen-bond donors (Lipinski definition) is 1. The molecule has 0 saturated heterocycles. The highest BCUT2D eigenvalue weighted by Crippen LogP contribution is 2.11. The number of benzene rings is 1. The fourth-order valence-corrected chi connectivity index (χ4v) is 1.37. The van der Waals surface area contributed by atoms with E-state index >= 15 is 0 Å². The van der Waals surface area contributed by atoms with Crippen molar-refractivity contribution in [1.29, 1.82) is 0 Å². The van der Waals surface area contributed by atoms with E-state index in [1.165, 1.54) is 6.92 Å². The average Bonchev–Trinajstić information content (AvgIpc) is 2.08. The van der Waals surface area contributed by atoms with Crippen molar-refractivity contribution in [3.63, 3.8) is 0 Å². The third-order valence-electron chi connectivity index (χ3n) is 1.40. The lowest BCUT2D eigenvalue weighted by atomic mass is 10.2. The maximum atomic E-state index is 10.5. The predicted octanol–water partition coefficient (Wildman–Crippen LogP) is 1.86. The highest BCUT2D eigenvalue weighted by atomic mass is 127. The SMILES string of the molecule is CC(=O)NOCc1ccccc1I. The number of halogens is 1. The molecule has 13 heavy (non-hydrogen) atoms. The number of carbonyl (C=O) groups excluding carboxylic acids is 1. The fraction of sp³-hybridized carbons (Fsp3) is 0.222. The quantitative estimate of drug-likeness (QED) is 0.682. The van der Waals surface area contributed by atoms with Gasteiger partial charge in [0.15, 0.2) is 0 Å². The molecule has 0 radical (unpaired) electrons. The molecule has 70 valence electrons. The number of hydrogen-bond acceptors (Lipinski definition) is 2. The molecule has 0 saturated carbocycles. The Morgan fingerprint density at radius 3 is 2.85 bits per heavy atom. The van der Waals surface area contributed by atoms with Crippen LogP contribution in [0, 0.1) is 3.57 Å². The second-order valence-electron chi connectivity index (χ2n) is 2.54. The molecule has 1 amide bonds. The molecule has 0 fully saturated rings. The molecule has 1 aromatic rings. The summed E-state index contributed by atoms with van der Waals surface area (Å²) in [7, 11) is 0. The van der Waals surface area contributed by atoms with Crippen LogP contribution >= 0.6 is 22.6 Å². The maximum Gasteiger partial charge on any atom is 0.240 e. The number of amides is 1. The third-order valence-corrected chi connectivity index (χ3v) is 2.45. The summed E-state index contributed by atoms with van der Waals surface area (Å²) in [5.74, 6) is -0.189. The molecule has 4 heteroatoms. The Balaban J connectivity index is 2.45. The Hall–Kier alpha value is -0.620. The third kappa shape index (κ3) is 3.73. The van der Waals surface area contributed by atoms with Gasteiger partial charge in [0.25, 0.3) is 0 Å². The Morgan fingerprint density at radius 1 is 1.54 bits per heavy atom. The largest absolute Gasteiger partial charge is 0.273 e. The summed E-state index contributed by atoms with van der Waals surface area (Å²) in [5.41, 5.74) is 3.35. The Labute approximate surface area is 90.6 Å². The Bertz CT molecular complexity index is 301. The normalized spacial score (nSPS) is 9.69. The van der Waals surface area contributed by atoms with E-state index in [0.29, 0.717) is 6.61 Å². The van der Waals surface area contributed by atoms with E-state index in [-0.39, 0.29) is 5.91 Å². The van der Waals surface area contributed by atoms with Gasteiger partial charge >= 0.3 is 0 Å². The lowest BCUT2D eigenvalue weighted by Gasteiger charge is -2.04. The summed E-state index contributed by atoms with van der Waals surface area (Å²) in [5, 5.41) is 0. The van der Waals surface area contributed by atoms with Crippen molar-refractivity contribution < 1.29 is 9.63 Å². The Morgan fingerprint density at radius 2 is 2.23 bits per heavy atom. The van der Waals surface area contributed by atoms with Gasteiger partial charge in [0.2, 0.25) is 5.91 Å². The molecule has 0 atom stereocenters. The van der Waals surface area contributed by atoms with E-state index in [4.69, 9.17) is 4.84 Å². The van der Waals surface area contributed by atoms with Crippen molar-refractivity contribution in [3.8, 4) is 0 Å². The molecule has 0 heterocycles. The fourth-order valence-electron chi connectivity index (χ4n) is 0.831. The van der Waals surface area contributed by atoms with Crippen LogP contribution in [-0.4, -0.2) is 5.91 Å². The summed E-state index contributed by atoms with van der Waals surface area (Å²) in [6, 6.07) is 7.86. The van der Waals surface area contributed by atoms with E-state index in [1.54, 1.807) is 0 Å².